The van der Waals surface area contributed by atoms with Crippen molar-refractivity contribution in [3.05, 3.63) is 24.0 Å². The van der Waals surface area contributed by atoms with Crippen molar-refractivity contribution in [3.8, 4) is 0 Å². The van der Waals surface area contributed by atoms with Gasteiger partial charge in [0, 0.05) is 31.9 Å². The van der Waals surface area contributed by atoms with Crippen molar-refractivity contribution in [3.63, 3.8) is 0 Å². The van der Waals surface area contributed by atoms with E-state index < -0.39 is 12.6 Å². The molecule has 0 atom stereocenters. The average molecular weight is 248 g/mol. The van der Waals surface area contributed by atoms with Crippen LogP contribution in [0.5, 0.6) is 0 Å². The van der Waals surface area contributed by atoms with Gasteiger partial charge in [0.15, 0.2) is 0 Å². The van der Waals surface area contributed by atoms with Crippen LogP contribution in [0.3, 0.4) is 0 Å². The standard InChI is InChI=1S/C12H19F3N2/c1-2-7-17-8-4-11(10-17)9-16-6-3-5-12(13,14)15/h4,8,10,16H,2-3,5-7,9H2,1H3. The lowest BCUT2D eigenvalue weighted by molar-refractivity contribution is -0.135. The number of nitrogens with zero attached hydrogens (tertiary/aromatic N) is 1. The van der Waals surface area contributed by atoms with Gasteiger partial charge in [-0.3, -0.25) is 0 Å². The SMILES string of the molecule is CCCn1ccc(CNCCCC(F)(F)F)c1. The molecule has 5 heteroatoms. The maximum absolute atomic E-state index is 11.9. The molecule has 0 aliphatic rings. The number of hydrogen-bond acceptors (Lipinski definition) is 1. The fourth-order valence-corrected chi connectivity index (χ4v) is 1.64. The Morgan fingerprint density at radius 2 is 2.12 bits per heavy atom. The third kappa shape index (κ3) is 6.36. The summed E-state index contributed by atoms with van der Waals surface area (Å²) in [5, 5.41) is 3.02. The third-order valence-corrected chi connectivity index (χ3v) is 2.44. The molecule has 0 unspecified atom stereocenters. The van der Waals surface area contributed by atoms with Crippen molar-refractivity contribution >= 4 is 0 Å². The number of halogens is 3. The molecular formula is C12H19F3N2. The molecule has 98 valence electrons. The Labute approximate surface area is 99.8 Å². The largest absolute Gasteiger partial charge is 0.389 e. The molecule has 1 N–H and O–H groups in total. The van der Waals surface area contributed by atoms with Crippen molar-refractivity contribution in [2.24, 2.45) is 0 Å². The molecule has 0 aliphatic heterocycles. The van der Waals surface area contributed by atoms with E-state index in [1.54, 1.807) is 0 Å². The molecule has 0 saturated heterocycles. The van der Waals surface area contributed by atoms with Crippen molar-refractivity contribution < 1.29 is 13.2 Å². The summed E-state index contributed by atoms with van der Waals surface area (Å²) in [5.41, 5.74) is 1.12. The predicted octanol–water partition coefficient (Wildman–Crippen LogP) is 3.33. The molecule has 1 rings (SSSR count). The highest BCUT2D eigenvalue weighted by atomic mass is 19.4. The van der Waals surface area contributed by atoms with Crippen LogP contribution in [0.4, 0.5) is 13.2 Å². The second kappa shape index (κ2) is 6.69. The Morgan fingerprint density at radius 1 is 1.35 bits per heavy atom. The minimum atomic E-state index is -4.04. The van der Waals surface area contributed by atoms with E-state index in [4.69, 9.17) is 0 Å². The minimum absolute atomic E-state index is 0.138. The molecule has 0 aromatic carbocycles. The normalized spacial score (nSPS) is 12.0. The topological polar surface area (TPSA) is 17.0 Å². The fourth-order valence-electron chi connectivity index (χ4n) is 1.64. The van der Waals surface area contributed by atoms with Gasteiger partial charge in [0.1, 0.15) is 0 Å². The van der Waals surface area contributed by atoms with Crippen LogP contribution in [0.15, 0.2) is 18.5 Å². The zero-order chi connectivity index (χ0) is 12.7. The van der Waals surface area contributed by atoms with E-state index in [1.165, 1.54) is 0 Å². The van der Waals surface area contributed by atoms with E-state index >= 15 is 0 Å². The highest BCUT2D eigenvalue weighted by Crippen LogP contribution is 2.20. The Hall–Kier alpha value is -0.970. The van der Waals surface area contributed by atoms with Gasteiger partial charge in [0.05, 0.1) is 0 Å². The highest BCUT2D eigenvalue weighted by molar-refractivity contribution is 5.09. The van der Waals surface area contributed by atoms with Crippen molar-refractivity contribution in [1.29, 1.82) is 0 Å². The second-order valence-corrected chi connectivity index (χ2v) is 4.15. The second-order valence-electron chi connectivity index (χ2n) is 4.15. The van der Waals surface area contributed by atoms with Gasteiger partial charge in [-0.2, -0.15) is 13.2 Å². The Kier molecular flexibility index (Phi) is 5.55. The van der Waals surface area contributed by atoms with Crippen molar-refractivity contribution in [2.45, 2.75) is 45.5 Å². The summed E-state index contributed by atoms with van der Waals surface area (Å²) in [6, 6.07) is 1.99. The summed E-state index contributed by atoms with van der Waals surface area (Å²) in [7, 11) is 0. The van der Waals surface area contributed by atoms with Crippen LogP contribution in [0.1, 0.15) is 31.7 Å². The summed E-state index contributed by atoms with van der Waals surface area (Å²) in [4.78, 5) is 0. The molecular weight excluding hydrogens is 229 g/mol. The number of nitrogens with one attached hydrogen (secondary N) is 1. The molecule has 0 spiro atoms. The molecule has 0 fully saturated rings. The molecule has 2 nitrogen and oxygen atoms in total. The third-order valence-electron chi connectivity index (χ3n) is 2.44. The zero-order valence-corrected chi connectivity index (χ0v) is 10.1. The van der Waals surface area contributed by atoms with E-state index in [9.17, 15) is 13.2 Å². The average Bonchev–Trinajstić information content (AvgIpc) is 2.64. The van der Waals surface area contributed by atoms with Gasteiger partial charge in [0.25, 0.3) is 0 Å². The fraction of sp³-hybridized carbons (Fsp3) is 0.667. The molecule has 0 saturated carbocycles. The minimum Gasteiger partial charge on any atom is -0.354 e. The van der Waals surface area contributed by atoms with E-state index in [2.05, 4.69) is 16.8 Å². The van der Waals surface area contributed by atoms with Gasteiger partial charge in [0.2, 0.25) is 0 Å². The summed E-state index contributed by atoms with van der Waals surface area (Å²) < 4.78 is 37.7. The van der Waals surface area contributed by atoms with Crippen molar-refractivity contribution in [1.82, 2.24) is 9.88 Å². The quantitative estimate of drug-likeness (QED) is 0.732. The first kappa shape index (κ1) is 14.1. The van der Waals surface area contributed by atoms with Crippen LogP contribution in [0.2, 0.25) is 0 Å². The van der Waals surface area contributed by atoms with Crippen LogP contribution in [0.25, 0.3) is 0 Å². The van der Waals surface area contributed by atoms with Crippen LogP contribution in [-0.4, -0.2) is 17.3 Å². The molecule has 1 heterocycles. The Morgan fingerprint density at radius 3 is 2.76 bits per heavy atom. The van der Waals surface area contributed by atoms with Gasteiger partial charge in [-0.05, 0) is 31.0 Å². The van der Waals surface area contributed by atoms with Gasteiger partial charge < -0.3 is 9.88 Å². The van der Waals surface area contributed by atoms with E-state index in [0.717, 1.165) is 18.5 Å². The lowest BCUT2D eigenvalue weighted by Gasteiger charge is -2.06. The number of rotatable bonds is 7. The molecule has 0 amide bonds. The summed E-state index contributed by atoms with van der Waals surface area (Å²) in [6.07, 6.45) is 0.492. The maximum Gasteiger partial charge on any atom is 0.389 e. The van der Waals surface area contributed by atoms with E-state index in [1.807, 2.05) is 18.5 Å². The van der Waals surface area contributed by atoms with Gasteiger partial charge >= 0.3 is 6.18 Å². The first-order chi connectivity index (χ1) is 8.01. The molecule has 0 bridgehead atoms. The first-order valence-corrected chi connectivity index (χ1v) is 5.93. The smallest absolute Gasteiger partial charge is 0.354 e. The Bertz CT molecular complexity index is 318. The summed E-state index contributed by atoms with van der Waals surface area (Å²) in [5.74, 6) is 0. The summed E-state index contributed by atoms with van der Waals surface area (Å²) in [6.45, 7) is 4.12. The highest BCUT2D eigenvalue weighted by Gasteiger charge is 2.25. The number of aromatic nitrogens is 1. The summed E-state index contributed by atoms with van der Waals surface area (Å²) >= 11 is 0. The van der Waals surface area contributed by atoms with Gasteiger partial charge in [-0.15, -0.1) is 0 Å². The molecule has 17 heavy (non-hydrogen) atoms. The zero-order valence-electron chi connectivity index (χ0n) is 10.1. The Balaban J connectivity index is 2.13. The van der Waals surface area contributed by atoms with E-state index in [-0.39, 0.29) is 6.42 Å². The molecule has 1 aromatic rings. The van der Waals surface area contributed by atoms with Gasteiger partial charge in [-0.1, -0.05) is 6.92 Å². The van der Waals surface area contributed by atoms with Crippen LogP contribution >= 0.6 is 0 Å². The number of alkyl halides is 3. The maximum atomic E-state index is 11.9. The lowest BCUT2D eigenvalue weighted by atomic mass is 10.3. The molecule has 0 radical (unpaired) electrons. The predicted molar refractivity (Wildman–Crippen MR) is 61.7 cm³/mol. The molecule has 1 aromatic heterocycles. The number of aryl methyl sites for hydroxylation is 1. The monoisotopic (exact) mass is 248 g/mol. The van der Waals surface area contributed by atoms with Crippen molar-refractivity contribution in [2.75, 3.05) is 6.54 Å². The van der Waals surface area contributed by atoms with Crippen LogP contribution in [-0.2, 0) is 13.1 Å². The van der Waals surface area contributed by atoms with Crippen LogP contribution < -0.4 is 5.32 Å². The number of hydrogen-bond donors (Lipinski definition) is 1. The van der Waals surface area contributed by atoms with E-state index in [0.29, 0.717) is 13.1 Å². The van der Waals surface area contributed by atoms with Gasteiger partial charge in [-0.25, -0.2) is 0 Å². The molecule has 0 aliphatic carbocycles. The van der Waals surface area contributed by atoms with Crippen LogP contribution in [0, 0.1) is 0 Å². The first-order valence-electron chi connectivity index (χ1n) is 5.93. The lowest BCUT2D eigenvalue weighted by Crippen LogP contribution is -2.17.